The Hall–Kier alpha value is -2.04. The third-order valence-corrected chi connectivity index (χ3v) is 5.99. The van der Waals surface area contributed by atoms with Crippen molar-refractivity contribution in [2.24, 2.45) is 5.41 Å². The Morgan fingerprint density at radius 3 is 2.52 bits per heavy atom. The topological polar surface area (TPSA) is 66.8 Å². The second-order valence-electron chi connectivity index (χ2n) is 7.72. The lowest BCUT2D eigenvalue weighted by atomic mass is 9.75. The molecule has 1 N–H and O–H groups in total. The number of carboxylic acid groups (broad SMARTS) is 1. The Bertz CT molecular complexity index is 665. The largest absolute Gasteiger partial charge is 0.497 e. The number of nitrogens with zero attached hydrogens (tertiary/aromatic N) is 1. The minimum Gasteiger partial charge on any atom is -0.497 e. The molecule has 1 saturated heterocycles. The van der Waals surface area contributed by atoms with Crippen LogP contribution in [0.3, 0.4) is 0 Å². The number of piperidine rings is 1. The average molecular weight is 345 g/mol. The number of aliphatic carboxylic acids is 1. The van der Waals surface area contributed by atoms with Gasteiger partial charge in [0, 0.05) is 13.1 Å². The zero-order valence-corrected chi connectivity index (χ0v) is 15.1. The van der Waals surface area contributed by atoms with Gasteiger partial charge in [-0.3, -0.25) is 9.59 Å². The predicted octanol–water partition coefficient (Wildman–Crippen LogP) is 3.22. The second-order valence-corrected chi connectivity index (χ2v) is 7.72. The molecule has 136 valence electrons. The summed E-state index contributed by atoms with van der Waals surface area (Å²) in [6, 6.07) is 7.79. The van der Waals surface area contributed by atoms with Crippen LogP contribution in [0.15, 0.2) is 24.3 Å². The number of benzene rings is 1. The Morgan fingerprint density at radius 1 is 1.16 bits per heavy atom. The summed E-state index contributed by atoms with van der Waals surface area (Å²) >= 11 is 0. The van der Waals surface area contributed by atoms with Gasteiger partial charge in [-0.15, -0.1) is 0 Å². The summed E-state index contributed by atoms with van der Waals surface area (Å²) in [6.07, 6.45) is 5.04. The van der Waals surface area contributed by atoms with E-state index in [-0.39, 0.29) is 5.91 Å². The molecule has 1 amide bonds. The third-order valence-electron chi connectivity index (χ3n) is 5.99. The molecule has 1 heterocycles. The van der Waals surface area contributed by atoms with E-state index in [9.17, 15) is 14.7 Å². The van der Waals surface area contributed by atoms with E-state index in [1.807, 2.05) is 24.3 Å². The molecule has 0 radical (unpaired) electrons. The molecule has 1 aromatic rings. The maximum Gasteiger partial charge on any atom is 0.311 e. The molecule has 1 aliphatic heterocycles. The maximum absolute atomic E-state index is 13.5. The van der Waals surface area contributed by atoms with Gasteiger partial charge in [-0.25, -0.2) is 0 Å². The smallest absolute Gasteiger partial charge is 0.311 e. The van der Waals surface area contributed by atoms with Crippen molar-refractivity contribution < 1.29 is 19.4 Å². The molecule has 0 bridgehead atoms. The van der Waals surface area contributed by atoms with Crippen LogP contribution in [0.4, 0.5) is 0 Å². The van der Waals surface area contributed by atoms with Crippen molar-refractivity contribution >= 4 is 11.9 Å². The van der Waals surface area contributed by atoms with Gasteiger partial charge in [0.2, 0.25) is 5.91 Å². The fourth-order valence-corrected chi connectivity index (χ4v) is 4.42. The van der Waals surface area contributed by atoms with E-state index in [0.717, 1.165) is 43.4 Å². The number of rotatable bonds is 4. The van der Waals surface area contributed by atoms with Crippen LogP contribution in [-0.2, 0) is 15.0 Å². The fourth-order valence-electron chi connectivity index (χ4n) is 4.42. The van der Waals surface area contributed by atoms with E-state index in [0.29, 0.717) is 19.5 Å². The summed E-state index contributed by atoms with van der Waals surface area (Å²) in [7, 11) is 1.63. The lowest BCUT2D eigenvalue weighted by molar-refractivity contribution is -0.155. The van der Waals surface area contributed by atoms with Gasteiger partial charge in [0.15, 0.2) is 0 Å². The van der Waals surface area contributed by atoms with E-state index in [2.05, 4.69) is 0 Å². The monoisotopic (exact) mass is 345 g/mol. The average Bonchev–Trinajstić information content (AvgIpc) is 3.12. The molecule has 1 saturated carbocycles. The Labute approximate surface area is 149 Å². The van der Waals surface area contributed by atoms with E-state index in [1.165, 1.54) is 0 Å². The van der Waals surface area contributed by atoms with Crippen LogP contribution in [0.5, 0.6) is 5.75 Å². The van der Waals surface area contributed by atoms with Crippen molar-refractivity contribution in [1.29, 1.82) is 0 Å². The minimum atomic E-state index is -0.845. The van der Waals surface area contributed by atoms with Crippen LogP contribution in [0, 0.1) is 5.41 Å². The first-order chi connectivity index (χ1) is 11.9. The summed E-state index contributed by atoms with van der Waals surface area (Å²) in [5.74, 6) is 0.0304. The summed E-state index contributed by atoms with van der Waals surface area (Å²) in [5, 5.41) is 9.56. The molecule has 2 fully saturated rings. The highest BCUT2D eigenvalue weighted by atomic mass is 16.5. The van der Waals surface area contributed by atoms with Gasteiger partial charge in [-0.1, -0.05) is 25.0 Å². The maximum atomic E-state index is 13.5. The summed E-state index contributed by atoms with van der Waals surface area (Å²) in [4.78, 5) is 27.0. The zero-order valence-electron chi connectivity index (χ0n) is 15.1. The lowest BCUT2D eigenvalue weighted by Crippen LogP contribution is -2.53. The van der Waals surface area contributed by atoms with Gasteiger partial charge >= 0.3 is 5.97 Å². The zero-order chi connectivity index (χ0) is 18.1. The van der Waals surface area contributed by atoms with Crippen LogP contribution in [0.25, 0.3) is 0 Å². The van der Waals surface area contributed by atoms with Crippen molar-refractivity contribution in [3.05, 3.63) is 29.8 Å². The van der Waals surface area contributed by atoms with Gasteiger partial charge < -0.3 is 14.7 Å². The van der Waals surface area contributed by atoms with Gasteiger partial charge in [0.05, 0.1) is 17.9 Å². The molecule has 1 aliphatic carbocycles. The first-order valence-corrected chi connectivity index (χ1v) is 9.09. The normalized spacial score (nSPS) is 25.6. The highest BCUT2D eigenvalue weighted by Gasteiger charge is 2.48. The van der Waals surface area contributed by atoms with Crippen molar-refractivity contribution in [3.63, 3.8) is 0 Å². The SMILES string of the molecule is COc1cccc(C2(C(=O)N3CCCC(C)(C(=O)O)C3)CCCC2)c1. The van der Waals surface area contributed by atoms with Crippen LogP contribution < -0.4 is 4.74 Å². The third kappa shape index (κ3) is 3.12. The van der Waals surface area contributed by atoms with E-state index in [4.69, 9.17) is 4.74 Å². The molecule has 5 heteroatoms. The van der Waals surface area contributed by atoms with Gasteiger partial charge in [0.25, 0.3) is 0 Å². The molecule has 3 rings (SSSR count). The van der Waals surface area contributed by atoms with Crippen LogP contribution in [0.1, 0.15) is 51.0 Å². The Balaban J connectivity index is 1.92. The van der Waals surface area contributed by atoms with E-state index < -0.39 is 16.8 Å². The molecule has 0 aromatic heterocycles. The number of carbonyl (C=O) groups is 2. The number of carbonyl (C=O) groups excluding carboxylic acids is 1. The summed E-state index contributed by atoms with van der Waals surface area (Å²) < 4.78 is 5.35. The van der Waals surface area contributed by atoms with E-state index in [1.54, 1.807) is 18.9 Å². The highest BCUT2D eigenvalue weighted by molar-refractivity contribution is 5.89. The molecule has 2 aliphatic rings. The fraction of sp³-hybridized carbons (Fsp3) is 0.600. The first kappa shape index (κ1) is 17.8. The molecular weight excluding hydrogens is 318 g/mol. The number of amides is 1. The number of carboxylic acids is 1. The quantitative estimate of drug-likeness (QED) is 0.910. The van der Waals surface area contributed by atoms with Gasteiger partial charge in [-0.05, 0) is 50.3 Å². The van der Waals surface area contributed by atoms with Crippen LogP contribution in [0.2, 0.25) is 0 Å². The molecule has 1 atom stereocenters. The summed E-state index contributed by atoms with van der Waals surface area (Å²) in [5.41, 5.74) is -0.384. The molecule has 5 nitrogen and oxygen atoms in total. The van der Waals surface area contributed by atoms with Gasteiger partial charge in [-0.2, -0.15) is 0 Å². The number of likely N-dealkylation sites (tertiary alicyclic amines) is 1. The van der Waals surface area contributed by atoms with Gasteiger partial charge in [0.1, 0.15) is 5.75 Å². The number of ether oxygens (including phenoxy) is 1. The van der Waals surface area contributed by atoms with Crippen LogP contribution in [-0.4, -0.2) is 42.1 Å². The van der Waals surface area contributed by atoms with E-state index >= 15 is 0 Å². The van der Waals surface area contributed by atoms with Crippen molar-refractivity contribution in [2.45, 2.75) is 50.9 Å². The molecule has 1 aromatic carbocycles. The first-order valence-electron chi connectivity index (χ1n) is 9.09. The van der Waals surface area contributed by atoms with Crippen molar-refractivity contribution in [3.8, 4) is 5.75 Å². The lowest BCUT2D eigenvalue weighted by Gasteiger charge is -2.42. The Kier molecular flexibility index (Phi) is 4.76. The number of hydrogen-bond donors (Lipinski definition) is 1. The molecule has 25 heavy (non-hydrogen) atoms. The van der Waals surface area contributed by atoms with Crippen molar-refractivity contribution in [1.82, 2.24) is 4.90 Å². The standard InChI is InChI=1S/C20H27NO4/c1-19(18(23)24)9-6-12-21(14-19)17(22)20(10-3-4-11-20)15-7-5-8-16(13-15)25-2/h5,7-8,13H,3-4,6,9-12,14H2,1-2H3,(H,23,24). The molecule has 1 unspecified atom stereocenters. The van der Waals surface area contributed by atoms with Crippen molar-refractivity contribution in [2.75, 3.05) is 20.2 Å². The minimum absolute atomic E-state index is 0.0884. The summed E-state index contributed by atoms with van der Waals surface area (Å²) in [6.45, 7) is 2.70. The van der Waals surface area contributed by atoms with Crippen LogP contribution >= 0.6 is 0 Å². The second kappa shape index (κ2) is 6.70. The number of methoxy groups -OCH3 is 1. The highest BCUT2D eigenvalue weighted by Crippen LogP contribution is 2.44. The molecular formula is C20H27NO4. The number of hydrogen-bond acceptors (Lipinski definition) is 3. The Morgan fingerprint density at radius 2 is 1.88 bits per heavy atom. The molecule has 0 spiro atoms. The predicted molar refractivity (Wildman–Crippen MR) is 94.7 cm³/mol.